The van der Waals surface area contributed by atoms with Crippen molar-refractivity contribution in [3.05, 3.63) is 66.0 Å². The van der Waals surface area contributed by atoms with Crippen LogP contribution in [0.15, 0.2) is 54.6 Å². The molecular formula is C20H16FN3O2. The topological polar surface area (TPSA) is 69.6 Å². The summed E-state index contributed by atoms with van der Waals surface area (Å²) in [4.78, 5) is 12.5. The van der Waals surface area contributed by atoms with E-state index in [1.165, 1.54) is 12.1 Å². The number of nitrogens with zero attached hydrogens (tertiary/aromatic N) is 2. The lowest BCUT2D eigenvalue weighted by molar-refractivity contribution is 0.0530. The van der Waals surface area contributed by atoms with Gasteiger partial charge in [-0.25, -0.2) is 13.7 Å². The second kappa shape index (κ2) is 6.15. The van der Waals surface area contributed by atoms with Crippen LogP contribution in [0.1, 0.15) is 17.3 Å². The number of anilines is 1. The zero-order chi connectivity index (χ0) is 18.3. The Bertz CT molecular complexity index is 1140. The Morgan fingerprint density at radius 1 is 1.19 bits per heavy atom. The molecule has 0 unspecified atom stereocenters. The Balaban J connectivity index is 2.16. The van der Waals surface area contributed by atoms with E-state index in [4.69, 9.17) is 10.5 Å². The molecule has 4 rings (SSSR count). The lowest BCUT2D eigenvalue weighted by Gasteiger charge is -2.10. The Morgan fingerprint density at radius 2 is 1.96 bits per heavy atom. The molecular weight excluding hydrogens is 333 g/mol. The summed E-state index contributed by atoms with van der Waals surface area (Å²) in [5, 5.41) is 5.68. The van der Waals surface area contributed by atoms with Crippen molar-refractivity contribution in [1.29, 1.82) is 0 Å². The summed E-state index contributed by atoms with van der Waals surface area (Å²) in [5.74, 6) is -0.922. The molecule has 4 aromatic rings. The first-order valence-electron chi connectivity index (χ1n) is 8.23. The third-order valence-electron chi connectivity index (χ3n) is 4.25. The third kappa shape index (κ3) is 2.47. The van der Waals surface area contributed by atoms with Gasteiger partial charge in [-0.05, 0) is 30.5 Å². The van der Waals surface area contributed by atoms with Crippen LogP contribution in [-0.4, -0.2) is 22.2 Å². The first kappa shape index (κ1) is 16.1. The average Bonchev–Trinajstić information content (AvgIpc) is 2.99. The van der Waals surface area contributed by atoms with Crippen LogP contribution in [0.5, 0.6) is 0 Å². The number of halogens is 1. The number of esters is 1. The highest BCUT2D eigenvalue weighted by atomic mass is 19.1. The van der Waals surface area contributed by atoms with E-state index >= 15 is 0 Å². The Kier molecular flexibility index (Phi) is 3.80. The summed E-state index contributed by atoms with van der Waals surface area (Å²) in [7, 11) is 0. The second-order valence-electron chi connectivity index (χ2n) is 5.87. The van der Waals surface area contributed by atoms with Gasteiger partial charge in [0.15, 0.2) is 5.82 Å². The summed E-state index contributed by atoms with van der Waals surface area (Å²) < 4.78 is 20.6. The van der Waals surface area contributed by atoms with Gasteiger partial charge in [-0.3, -0.25) is 0 Å². The van der Waals surface area contributed by atoms with Crippen molar-refractivity contribution in [2.24, 2.45) is 0 Å². The molecule has 0 aliphatic carbocycles. The monoisotopic (exact) mass is 349 g/mol. The minimum Gasteiger partial charge on any atom is -0.462 e. The van der Waals surface area contributed by atoms with E-state index in [-0.39, 0.29) is 18.0 Å². The van der Waals surface area contributed by atoms with Gasteiger partial charge in [-0.2, -0.15) is 0 Å². The van der Waals surface area contributed by atoms with Gasteiger partial charge in [0.1, 0.15) is 11.4 Å². The predicted octanol–water partition coefficient (Wildman–Crippen LogP) is 4.05. The van der Waals surface area contributed by atoms with Crippen molar-refractivity contribution in [2.45, 2.75) is 6.92 Å². The fraction of sp³-hybridized carbons (Fsp3) is 0.100. The fourth-order valence-corrected chi connectivity index (χ4v) is 3.14. The molecule has 0 fully saturated rings. The van der Waals surface area contributed by atoms with Crippen molar-refractivity contribution in [3.8, 4) is 11.3 Å². The number of carbonyl (C=O) groups excluding carboxylic acids is 1. The lowest BCUT2D eigenvalue weighted by atomic mass is 10.0. The van der Waals surface area contributed by atoms with Crippen LogP contribution in [0.2, 0.25) is 0 Å². The number of ether oxygens (including phenoxy) is 1. The third-order valence-corrected chi connectivity index (χ3v) is 4.25. The molecule has 2 N–H and O–H groups in total. The number of hydrogen-bond acceptors (Lipinski definition) is 4. The molecule has 26 heavy (non-hydrogen) atoms. The highest BCUT2D eigenvalue weighted by molar-refractivity contribution is 6.11. The molecule has 0 amide bonds. The summed E-state index contributed by atoms with van der Waals surface area (Å²) in [5.41, 5.74) is 8.28. The number of hydrogen-bond donors (Lipinski definition) is 1. The van der Waals surface area contributed by atoms with Crippen molar-refractivity contribution >= 4 is 28.1 Å². The van der Waals surface area contributed by atoms with Crippen LogP contribution in [0, 0.1) is 5.82 Å². The molecule has 0 saturated carbocycles. The first-order valence-corrected chi connectivity index (χ1v) is 8.23. The van der Waals surface area contributed by atoms with Crippen LogP contribution in [0.25, 0.3) is 27.5 Å². The number of carbonyl (C=O) groups is 1. The molecule has 0 bridgehead atoms. The van der Waals surface area contributed by atoms with Gasteiger partial charge in [-0.15, -0.1) is 5.10 Å². The summed E-state index contributed by atoms with van der Waals surface area (Å²) >= 11 is 0. The SMILES string of the molecule is CCOC(=O)c1c(N)nn2c(-c3ccccc3)cc3ccc(F)cc3c12. The predicted molar refractivity (Wildman–Crippen MR) is 98.5 cm³/mol. The molecule has 0 radical (unpaired) electrons. The maximum Gasteiger partial charge on any atom is 0.344 e. The Hall–Kier alpha value is -3.41. The largest absolute Gasteiger partial charge is 0.462 e. The Labute approximate surface area is 148 Å². The zero-order valence-electron chi connectivity index (χ0n) is 14.1. The van der Waals surface area contributed by atoms with Gasteiger partial charge in [0.25, 0.3) is 0 Å². The molecule has 5 nitrogen and oxygen atoms in total. The lowest BCUT2D eigenvalue weighted by Crippen LogP contribution is -2.07. The van der Waals surface area contributed by atoms with E-state index in [2.05, 4.69) is 5.10 Å². The van der Waals surface area contributed by atoms with Crippen molar-refractivity contribution in [2.75, 3.05) is 12.3 Å². The van der Waals surface area contributed by atoms with Gasteiger partial charge in [0, 0.05) is 10.9 Å². The Morgan fingerprint density at radius 3 is 2.69 bits per heavy atom. The fourth-order valence-electron chi connectivity index (χ4n) is 3.14. The maximum absolute atomic E-state index is 13.9. The van der Waals surface area contributed by atoms with E-state index in [1.54, 1.807) is 17.5 Å². The molecule has 0 aliphatic heterocycles. The number of aromatic nitrogens is 2. The number of pyridine rings is 1. The molecule has 0 saturated heterocycles. The van der Waals surface area contributed by atoms with E-state index in [1.807, 2.05) is 36.4 Å². The number of nitrogen functional groups attached to an aromatic ring is 1. The highest BCUT2D eigenvalue weighted by Crippen LogP contribution is 2.33. The van der Waals surface area contributed by atoms with E-state index in [0.717, 1.165) is 16.6 Å². The maximum atomic E-state index is 13.9. The molecule has 0 aliphatic rings. The molecule has 2 aromatic carbocycles. The van der Waals surface area contributed by atoms with Gasteiger partial charge >= 0.3 is 5.97 Å². The highest BCUT2D eigenvalue weighted by Gasteiger charge is 2.23. The van der Waals surface area contributed by atoms with Crippen molar-refractivity contribution < 1.29 is 13.9 Å². The molecule has 2 heterocycles. The standard InChI is InChI=1S/C20H16FN3O2/c1-2-26-20(25)17-18-15-11-14(21)9-8-13(15)10-16(24(18)23-19(17)22)12-6-4-3-5-7-12/h3-11H,2H2,1H3,(H2,22,23). The summed E-state index contributed by atoms with van der Waals surface area (Å²) in [6.07, 6.45) is 0. The second-order valence-corrected chi connectivity index (χ2v) is 5.87. The average molecular weight is 349 g/mol. The van der Waals surface area contributed by atoms with Crippen molar-refractivity contribution in [3.63, 3.8) is 0 Å². The first-order chi connectivity index (χ1) is 12.6. The molecule has 0 atom stereocenters. The van der Waals surface area contributed by atoms with E-state index in [9.17, 15) is 9.18 Å². The van der Waals surface area contributed by atoms with Crippen molar-refractivity contribution in [1.82, 2.24) is 9.61 Å². The number of rotatable bonds is 3. The number of fused-ring (bicyclic) bond motifs is 3. The zero-order valence-corrected chi connectivity index (χ0v) is 14.1. The van der Waals surface area contributed by atoms with Crippen LogP contribution >= 0.6 is 0 Å². The molecule has 0 spiro atoms. The molecule has 2 aromatic heterocycles. The van der Waals surface area contributed by atoms with E-state index < -0.39 is 11.8 Å². The smallest absolute Gasteiger partial charge is 0.344 e. The van der Waals surface area contributed by atoms with Gasteiger partial charge in [0.05, 0.1) is 17.8 Å². The molecule has 130 valence electrons. The number of benzene rings is 2. The van der Waals surface area contributed by atoms with Crippen LogP contribution in [0.3, 0.4) is 0 Å². The van der Waals surface area contributed by atoms with Crippen LogP contribution in [0.4, 0.5) is 10.2 Å². The van der Waals surface area contributed by atoms with E-state index in [0.29, 0.717) is 10.9 Å². The van der Waals surface area contributed by atoms with Gasteiger partial charge in [-0.1, -0.05) is 36.4 Å². The normalized spacial score (nSPS) is 11.2. The quantitative estimate of drug-likeness (QED) is 0.567. The van der Waals surface area contributed by atoms with Gasteiger partial charge < -0.3 is 10.5 Å². The summed E-state index contributed by atoms with van der Waals surface area (Å²) in [6.45, 7) is 1.92. The molecule has 6 heteroatoms. The minimum atomic E-state index is -0.573. The number of nitrogens with two attached hydrogens (primary N) is 1. The summed E-state index contributed by atoms with van der Waals surface area (Å²) in [6, 6.07) is 16.0. The van der Waals surface area contributed by atoms with Crippen LogP contribution in [-0.2, 0) is 4.74 Å². The minimum absolute atomic E-state index is 0.0531. The van der Waals surface area contributed by atoms with Crippen LogP contribution < -0.4 is 5.73 Å². The van der Waals surface area contributed by atoms with Gasteiger partial charge in [0.2, 0.25) is 0 Å².